The van der Waals surface area contributed by atoms with Crippen LogP contribution in [0.25, 0.3) is 0 Å². The molecule has 0 spiro atoms. The number of aliphatic hydroxyl groups excluding tert-OH is 1. The van der Waals surface area contributed by atoms with E-state index in [4.69, 9.17) is 0 Å². The van der Waals surface area contributed by atoms with Crippen molar-refractivity contribution in [2.45, 2.75) is 95.6 Å². The molecule has 1 saturated heterocycles. The molecule has 1 amide bonds. The molecule has 6 nitrogen and oxygen atoms in total. The van der Waals surface area contributed by atoms with Gasteiger partial charge in [0, 0.05) is 24.9 Å². The standard InChI is InChI=1S/C27H42N2O4/c1-27(20-29-18-8-9-19-29,26(33)22-10-4-2-5-11-22)28-25(32)13-7-3-6-12-24(31)21-14-16-23(30)17-15-21/h14-17,22,26,30,33H,2-13,18-20H2,1H3,(H,28,32)/t26?,27-/m1/s1. The number of unbranched alkanes of at least 4 members (excludes halogenated alkanes) is 2. The molecule has 2 aliphatic rings. The molecule has 3 N–H and O–H groups in total. The summed E-state index contributed by atoms with van der Waals surface area (Å²) in [6.07, 6.45) is 10.7. The lowest BCUT2D eigenvalue weighted by molar-refractivity contribution is -0.126. The van der Waals surface area contributed by atoms with E-state index in [0.29, 0.717) is 24.9 Å². The summed E-state index contributed by atoms with van der Waals surface area (Å²) in [4.78, 5) is 27.5. The Morgan fingerprint density at radius 2 is 1.64 bits per heavy atom. The summed E-state index contributed by atoms with van der Waals surface area (Å²) in [7, 11) is 0. The van der Waals surface area contributed by atoms with Crippen molar-refractivity contribution in [3.05, 3.63) is 29.8 Å². The average molecular weight is 459 g/mol. The third-order valence-electron chi connectivity index (χ3n) is 7.42. The van der Waals surface area contributed by atoms with Crippen LogP contribution in [0.15, 0.2) is 24.3 Å². The zero-order valence-electron chi connectivity index (χ0n) is 20.2. The number of aromatic hydroxyl groups is 1. The van der Waals surface area contributed by atoms with E-state index in [1.807, 2.05) is 6.92 Å². The number of hydrogen-bond acceptors (Lipinski definition) is 5. The fourth-order valence-corrected chi connectivity index (χ4v) is 5.50. The van der Waals surface area contributed by atoms with E-state index < -0.39 is 11.6 Å². The maximum atomic E-state index is 12.8. The number of carbonyl (C=O) groups is 2. The van der Waals surface area contributed by atoms with Crippen LogP contribution in [0.4, 0.5) is 0 Å². The molecule has 1 aromatic rings. The molecule has 1 saturated carbocycles. The van der Waals surface area contributed by atoms with Crippen LogP contribution in [0.3, 0.4) is 0 Å². The summed E-state index contributed by atoms with van der Waals surface area (Å²) >= 11 is 0. The van der Waals surface area contributed by atoms with Crippen LogP contribution in [-0.2, 0) is 4.79 Å². The van der Waals surface area contributed by atoms with E-state index in [1.165, 1.54) is 44.2 Å². The Balaban J connectivity index is 1.45. The summed E-state index contributed by atoms with van der Waals surface area (Å²) in [5.41, 5.74) is -0.0157. The van der Waals surface area contributed by atoms with Gasteiger partial charge in [-0.25, -0.2) is 0 Å². The number of phenols is 1. The first-order chi connectivity index (χ1) is 15.9. The molecule has 2 fully saturated rings. The molecule has 1 aliphatic carbocycles. The molecule has 0 bridgehead atoms. The molecular weight excluding hydrogens is 416 g/mol. The first kappa shape index (κ1) is 25.7. The Kier molecular flexibility index (Phi) is 9.75. The second kappa shape index (κ2) is 12.5. The van der Waals surface area contributed by atoms with Crippen molar-refractivity contribution >= 4 is 11.7 Å². The molecular formula is C27H42N2O4. The van der Waals surface area contributed by atoms with Crippen LogP contribution in [-0.4, -0.2) is 58.1 Å². The number of rotatable bonds is 12. The van der Waals surface area contributed by atoms with Crippen molar-refractivity contribution in [2.75, 3.05) is 19.6 Å². The van der Waals surface area contributed by atoms with E-state index in [9.17, 15) is 19.8 Å². The molecule has 184 valence electrons. The molecule has 1 heterocycles. The molecule has 0 aromatic heterocycles. The maximum Gasteiger partial charge on any atom is 0.220 e. The van der Waals surface area contributed by atoms with Gasteiger partial charge in [0.15, 0.2) is 5.78 Å². The number of carbonyl (C=O) groups excluding carboxylic acids is 2. The third-order valence-corrected chi connectivity index (χ3v) is 7.42. The van der Waals surface area contributed by atoms with Crippen LogP contribution in [0.5, 0.6) is 5.75 Å². The zero-order chi connectivity index (χ0) is 23.7. The van der Waals surface area contributed by atoms with Gasteiger partial charge < -0.3 is 20.4 Å². The number of nitrogens with zero attached hydrogens (tertiary/aromatic N) is 1. The Labute approximate surface area is 198 Å². The molecule has 0 radical (unpaired) electrons. The molecule has 2 atom stereocenters. The Morgan fingerprint density at radius 3 is 2.30 bits per heavy atom. The highest BCUT2D eigenvalue weighted by Gasteiger charge is 2.41. The molecule has 33 heavy (non-hydrogen) atoms. The number of nitrogens with one attached hydrogen (secondary N) is 1. The van der Waals surface area contributed by atoms with Crippen molar-refractivity contribution in [2.24, 2.45) is 5.92 Å². The van der Waals surface area contributed by atoms with E-state index >= 15 is 0 Å². The van der Waals surface area contributed by atoms with Crippen molar-refractivity contribution in [3.8, 4) is 5.75 Å². The Hall–Kier alpha value is -1.92. The van der Waals surface area contributed by atoms with Gasteiger partial charge >= 0.3 is 0 Å². The van der Waals surface area contributed by atoms with Crippen LogP contribution in [0.1, 0.15) is 94.3 Å². The lowest BCUT2D eigenvalue weighted by Gasteiger charge is -2.43. The number of benzene rings is 1. The highest BCUT2D eigenvalue weighted by atomic mass is 16.3. The second-order valence-electron chi connectivity index (χ2n) is 10.3. The van der Waals surface area contributed by atoms with Gasteiger partial charge in [-0.3, -0.25) is 9.59 Å². The number of phenolic OH excluding ortho intramolecular Hbond substituents is 1. The molecule has 6 heteroatoms. The average Bonchev–Trinajstić information content (AvgIpc) is 3.31. The monoisotopic (exact) mass is 458 g/mol. The van der Waals surface area contributed by atoms with E-state index in [2.05, 4.69) is 10.2 Å². The number of ketones is 1. The number of Topliss-reactive ketones (excluding diaryl/α,β-unsaturated/α-hetero) is 1. The van der Waals surface area contributed by atoms with Gasteiger partial charge in [-0.15, -0.1) is 0 Å². The van der Waals surface area contributed by atoms with Crippen molar-refractivity contribution in [1.29, 1.82) is 0 Å². The Bertz CT molecular complexity index is 754. The topological polar surface area (TPSA) is 89.9 Å². The quantitative estimate of drug-likeness (QED) is 0.318. The van der Waals surface area contributed by atoms with E-state index in [-0.39, 0.29) is 23.4 Å². The van der Waals surface area contributed by atoms with E-state index in [1.54, 1.807) is 12.1 Å². The predicted molar refractivity (Wildman–Crippen MR) is 130 cm³/mol. The van der Waals surface area contributed by atoms with Crippen molar-refractivity contribution < 1.29 is 19.8 Å². The largest absolute Gasteiger partial charge is 0.508 e. The first-order valence-corrected chi connectivity index (χ1v) is 12.9. The summed E-state index contributed by atoms with van der Waals surface area (Å²) in [6.45, 7) is 4.81. The van der Waals surface area contributed by atoms with Gasteiger partial charge in [0.2, 0.25) is 5.91 Å². The third kappa shape index (κ3) is 7.82. The van der Waals surface area contributed by atoms with Gasteiger partial charge in [-0.1, -0.05) is 25.7 Å². The van der Waals surface area contributed by atoms with E-state index in [0.717, 1.165) is 45.2 Å². The SMILES string of the molecule is C[C@](CN1CCCC1)(NC(=O)CCCCCC(=O)c1ccc(O)cc1)C(O)C1CCCCC1. The van der Waals surface area contributed by atoms with Crippen LogP contribution < -0.4 is 5.32 Å². The molecule has 3 rings (SSSR count). The van der Waals surface area contributed by atoms with Gasteiger partial charge in [-0.05, 0) is 88.7 Å². The van der Waals surface area contributed by atoms with Crippen molar-refractivity contribution in [3.63, 3.8) is 0 Å². The number of hydrogen-bond donors (Lipinski definition) is 3. The highest BCUT2D eigenvalue weighted by molar-refractivity contribution is 5.96. The van der Waals surface area contributed by atoms with Crippen LogP contribution in [0, 0.1) is 5.92 Å². The normalized spacial score (nSPS) is 20.3. The Morgan fingerprint density at radius 1 is 1.00 bits per heavy atom. The number of aliphatic hydroxyl groups is 1. The van der Waals surface area contributed by atoms with Gasteiger partial charge in [0.05, 0.1) is 11.6 Å². The van der Waals surface area contributed by atoms with Crippen LogP contribution in [0.2, 0.25) is 0 Å². The minimum absolute atomic E-state index is 0.00332. The van der Waals surface area contributed by atoms with Gasteiger partial charge in [0.1, 0.15) is 5.75 Å². The molecule has 1 aromatic carbocycles. The number of amides is 1. The predicted octanol–water partition coefficient (Wildman–Crippen LogP) is 4.44. The smallest absolute Gasteiger partial charge is 0.220 e. The maximum absolute atomic E-state index is 12.8. The lowest BCUT2D eigenvalue weighted by Crippen LogP contribution is -2.62. The highest BCUT2D eigenvalue weighted by Crippen LogP contribution is 2.32. The van der Waals surface area contributed by atoms with Gasteiger partial charge in [-0.2, -0.15) is 0 Å². The summed E-state index contributed by atoms with van der Waals surface area (Å²) in [6, 6.07) is 6.34. The van der Waals surface area contributed by atoms with Gasteiger partial charge in [0.25, 0.3) is 0 Å². The van der Waals surface area contributed by atoms with Crippen LogP contribution >= 0.6 is 0 Å². The number of likely N-dealkylation sites (tertiary alicyclic amines) is 1. The summed E-state index contributed by atoms with van der Waals surface area (Å²) in [5, 5.41) is 23.9. The fraction of sp³-hybridized carbons (Fsp3) is 0.704. The first-order valence-electron chi connectivity index (χ1n) is 12.9. The fourth-order valence-electron chi connectivity index (χ4n) is 5.50. The summed E-state index contributed by atoms with van der Waals surface area (Å²) in [5.74, 6) is 0.477. The summed E-state index contributed by atoms with van der Waals surface area (Å²) < 4.78 is 0. The minimum atomic E-state index is -0.627. The zero-order valence-corrected chi connectivity index (χ0v) is 20.2. The lowest BCUT2D eigenvalue weighted by atomic mass is 9.77. The minimum Gasteiger partial charge on any atom is -0.508 e. The second-order valence-corrected chi connectivity index (χ2v) is 10.3. The van der Waals surface area contributed by atoms with Crippen molar-refractivity contribution in [1.82, 2.24) is 10.2 Å². The molecule has 1 unspecified atom stereocenters. The molecule has 1 aliphatic heterocycles.